The predicted octanol–water partition coefficient (Wildman–Crippen LogP) is 6.70. The molecule has 2 heterocycles. The van der Waals surface area contributed by atoms with Crippen LogP contribution in [-0.4, -0.2) is 49.1 Å². The van der Waals surface area contributed by atoms with Gasteiger partial charge in [0.15, 0.2) is 0 Å². The number of hydrogen-bond donors (Lipinski definition) is 0. The first kappa shape index (κ1) is 28.7. The molecule has 2 fully saturated rings. The Morgan fingerprint density at radius 3 is 1.00 bits per heavy atom. The minimum Gasteiger partial charge on any atom is -0.306 e. The highest BCUT2D eigenvalue weighted by molar-refractivity contribution is 4.67. The summed E-state index contributed by atoms with van der Waals surface area (Å²) in [5, 5.41) is 0. The second-order valence-corrected chi connectivity index (χ2v) is 7.29. The molecule has 0 bridgehead atoms. The average Bonchev–Trinajstić information content (AvgIpc) is 2.60. The zero-order chi connectivity index (χ0) is 19.4. The molecule has 0 spiro atoms. The SMILES string of the molecule is CC.CC.CC(C)C.CC(C)N1CCCCC1.CN1CCCCC1. The van der Waals surface area contributed by atoms with Gasteiger partial charge in [-0.25, -0.2) is 0 Å². The van der Waals surface area contributed by atoms with Crippen LogP contribution in [0.3, 0.4) is 0 Å². The summed E-state index contributed by atoms with van der Waals surface area (Å²) < 4.78 is 0. The van der Waals surface area contributed by atoms with E-state index in [1.54, 1.807) is 0 Å². The van der Waals surface area contributed by atoms with E-state index in [1.165, 1.54) is 64.7 Å². The maximum absolute atomic E-state index is 2.56. The summed E-state index contributed by atoms with van der Waals surface area (Å²) in [5.74, 6) is 0.833. The molecule has 0 aliphatic carbocycles. The standard InChI is InChI=1S/C8H17N.C6H13N.C4H10.2C2H6/c1-8(2)9-6-4-3-5-7-9;1-7-5-3-2-4-6-7;1-4(2)3;2*1-2/h8H,3-7H2,1-2H3;2-6H2,1H3;4H,1-3H3;2*1-2H3. The molecule has 0 amide bonds. The molecular formula is C22H52N2. The second-order valence-electron chi connectivity index (χ2n) is 7.29. The van der Waals surface area contributed by atoms with E-state index >= 15 is 0 Å². The molecule has 0 aromatic carbocycles. The van der Waals surface area contributed by atoms with Crippen LogP contribution in [0.25, 0.3) is 0 Å². The monoisotopic (exact) mass is 344 g/mol. The van der Waals surface area contributed by atoms with Crippen molar-refractivity contribution in [2.45, 2.75) is 107 Å². The molecule has 2 aliphatic heterocycles. The lowest BCUT2D eigenvalue weighted by molar-refractivity contribution is 0.185. The third-order valence-electron chi connectivity index (χ3n) is 3.70. The smallest absolute Gasteiger partial charge is 0.00385 e. The lowest BCUT2D eigenvalue weighted by Gasteiger charge is -2.29. The molecule has 2 saturated heterocycles. The lowest BCUT2D eigenvalue weighted by Crippen LogP contribution is -2.35. The summed E-state index contributed by atoms with van der Waals surface area (Å²) in [6, 6.07) is 0.769. The Bertz CT molecular complexity index is 187. The van der Waals surface area contributed by atoms with Crippen LogP contribution in [0.5, 0.6) is 0 Å². The molecule has 150 valence electrons. The van der Waals surface area contributed by atoms with Gasteiger partial charge in [0.25, 0.3) is 0 Å². The maximum atomic E-state index is 2.56. The zero-order valence-electron chi connectivity index (χ0n) is 19.1. The van der Waals surface area contributed by atoms with Crippen molar-refractivity contribution in [2.24, 2.45) is 5.92 Å². The molecule has 0 saturated carbocycles. The molecule has 0 N–H and O–H groups in total. The highest BCUT2D eigenvalue weighted by atomic mass is 15.1. The summed E-state index contributed by atoms with van der Waals surface area (Å²) in [6.07, 6.45) is 8.55. The summed E-state index contributed by atoms with van der Waals surface area (Å²) in [7, 11) is 2.19. The van der Waals surface area contributed by atoms with Gasteiger partial charge in [-0.2, -0.15) is 0 Å². The van der Waals surface area contributed by atoms with E-state index in [0.29, 0.717) is 0 Å². The fourth-order valence-corrected chi connectivity index (χ4v) is 2.49. The molecule has 0 aromatic rings. The van der Waals surface area contributed by atoms with E-state index in [4.69, 9.17) is 0 Å². The Labute approximate surface area is 156 Å². The van der Waals surface area contributed by atoms with Crippen molar-refractivity contribution in [3.05, 3.63) is 0 Å². The van der Waals surface area contributed by atoms with Crippen molar-refractivity contribution in [1.82, 2.24) is 9.80 Å². The Kier molecular flexibility index (Phi) is 27.4. The Morgan fingerprint density at radius 2 is 0.833 bits per heavy atom. The number of nitrogens with zero attached hydrogens (tertiary/aromatic N) is 2. The van der Waals surface area contributed by atoms with Gasteiger partial charge < -0.3 is 9.80 Å². The Hall–Kier alpha value is -0.0800. The fraction of sp³-hybridized carbons (Fsp3) is 1.00. The predicted molar refractivity (Wildman–Crippen MR) is 115 cm³/mol. The molecule has 2 rings (SSSR count). The van der Waals surface area contributed by atoms with Crippen LogP contribution in [0.2, 0.25) is 0 Å². The Morgan fingerprint density at radius 1 is 0.542 bits per heavy atom. The topological polar surface area (TPSA) is 6.48 Å². The van der Waals surface area contributed by atoms with Gasteiger partial charge in [-0.15, -0.1) is 0 Å². The fourth-order valence-electron chi connectivity index (χ4n) is 2.49. The van der Waals surface area contributed by atoms with Crippen LogP contribution in [0, 0.1) is 5.92 Å². The summed E-state index contributed by atoms with van der Waals surface area (Å²) in [5.41, 5.74) is 0. The molecule has 0 atom stereocenters. The van der Waals surface area contributed by atoms with Crippen molar-refractivity contribution >= 4 is 0 Å². The maximum Gasteiger partial charge on any atom is 0.00385 e. The van der Waals surface area contributed by atoms with Gasteiger partial charge in [0, 0.05) is 6.04 Å². The van der Waals surface area contributed by atoms with Gasteiger partial charge in [-0.05, 0) is 78.7 Å². The van der Waals surface area contributed by atoms with Crippen LogP contribution in [0.4, 0.5) is 0 Å². The average molecular weight is 345 g/mol. The molecule has 2 heteroatoms. The van der Waals surface area contributed by atoms with Gasteiger partial charge in [0.1, 0.15) is 0 Å². The van der Waals surface area contributed by atoms with Gasteiger partial charge in [-0.1, -0.05) is 61.3 Å². The highest BCUT2D eigenvalue weighted by Crippen LogP contribution is 2.10. The van der Waals surface area contributed by atoms with Crippen LogP contribution in [-0.2, 0) is 0 Å². The molecule has 0 unspecified atom stereocenters. The summed E-state index contributed by atoms with van der Waals surface area (Å²) in [4.78, 5) is 4.95. The lowest BCUT2D eigenvalue weighted by atomic mass is 10.1. The van der Waals surface area contributed by atoms with E-state index < -0.39 is 0 Å². The molecule has 24 heavy (non-hydrogen) atoms. The van der Waals surface area contributed by atoms with E-state index in [9.17, 15) is 0 Å². The quantitative estimate of drug-likeness (QED) is 0.522. The third-order valence-corrected chi connectivity index (χ3v) is 3.70. The molecule has 2 aliphatic rings. The number of rotatable bonds is 1. The third kappa shape index (κ3) is 24.2. The molecule has 0 radical (unpaired) electrons. The van der Waals surface area contributed by atoms with Gasteiger partial charge in [-0.3, -0.25) is 0 Å². The molecule has 2 nitrogen and oxygen atoms in total. The van der Waals surface area contributed by atoms with Crippen LogP contribution >= 0.6 is 0 Å². The first-order chi connectivity index (χ1) is 11.4. The van der Waals surface area contributed by atoms with Crippen LogP contribution in [0.15, 0.2) is 0 Å². The minimum atomic E-state index is 0.769. The van der Waals surface area contributed by atoms with E-state index in [0.717, 1.165) is 12.0 Å². The highest BCUT2D eigenvalue weighted by Gasteiger charge is 2.11. The van der Waals surface area contributed by atoms with Crippen LogP contribution < -0.4 is 0 Å². The minimum absolute atomic E-state index is 0.769. The van der Waals surface area contributed by atoms with E-state index in [1.807, 2.05) is 27.7 Å². The van der Waals surface area contributed by atoms with Gasteiger partial charge >= 0.3 is 0 Å². The zero-order valence-corrected chi connectivity index (χ0v) is 19.1. The van der Waals surface area contributed by atoms with Crippen molar-refractivity contribution in [1.29, 1.82) is 0 Å². The van der Waals surface area contributed by atoms with Crippen molar-refractivity contribution in [3.8, 4) is 0 Å². The van der Waals surface area contributed by atoms with E-state index in [2.05, 4.69) is 51.5 Å². The largest absolute Gasteiger partial charge is 0.306 e. The number of piperidine rings is 2. The second kappa shape index (κ2) is 22.9. The summed E-state index contributed by atoms with van der Waals surface area (Å²) >= 11 is 0. The summed E-state index contributed by atoms with van der Waals surface area (Å²) in [6.45, 7) is 24.4. The first-order valence-corrected chi connectivity index (χ1v) is 10.9. The number of likely N-dealkylation sites (tertiary alicyclic amines) is 2. The molecular weight excluding hydrogens is 292 g/mol. The van der Waals surface area contributed by atoms with Gasteiger partial charge in [0.05, 0.1) is 0 Å². The van der Waals surface area contributed by atoms with E-state index in [-0.39, 0.29) is 0 Å². The van der Waals surface area contributed by atoms with Crippen molar-refractivity contribution in [3.63, 3.8) is 0 Å². The normalized spacial score (nSPS) is 18.0. The van der Waals surface area contributed by atoms with Gasteiger partial charge in [0.2, 0.25) is 0 Å². The molecule has 0 aromatic heterocycles. The van der Waals surface area contributed by atoms with Crippen LogP contribution in [0.1, 0.15) is 101 Å². The van der Waals surface area contributed by atoms with Crippen molar-refractivity contribution < 1.29 is 0 Å². The number of hydrogen-bond acceptors (Lipinski definition) is 2. The first-order valence-electron chi connectivity index (χ1n) is 10.9. The Balaban J connectivity index is -0.000000263. The van der Waals surface area contributed by atoms with Crippen molar-refractivity contribution in [2.75, 3.05) is 33.2 Å².